The third-order valence-corrected chi connectivity index (χ3v) is 6.11. The van der Waals surface area contributed by atoms with Gasteiger partial charge in [-0.1, -0.05) is 17.7 Å². The van der Waals surface area contributed by atoms with Crippen LogP contribution in [-0.2, 0) is 0 Å². The van der Waals surface area contributed by atoms with E-state index in [1.54, 1.807) is 47.5 Å². The monoisotopic (exact) mass is 531 g/mol. The zero-order valence-electron chi connectivity index (χ0n) is 20.7. The molecule has 2 aromatic carbocycles. The number of aromatic nitrogens is 2. The van der Waals surface area contributed by atoms with Crippen LogP contribution in [0.1, 0.15) is 18.4 Å². The van der Waals surface area contributed by atoms with Crippen LogP contribution in [0.4, 0.5) is 4.79 Å². The van der Waals surface area contributed by atoms with Crippen molar-refractivity contribution in [3.05, 3.63) is 95.8 Å². The van der Waals surface area contributed by atoms with Gasteiger partial charge in [0, 0.05) is 50.5 Å². The van der Waals surface area contributed by atoms with Crippen molar-refractivity contribution in [3.63, 3.8) is 0 Å². The summed E-state index contributed by atoms with van der Waals surface area (Å²) in [6.07, 6.45) is 4.33. The van der Waals surface area contributed by atoms with Gasteiger partial charge in [-0.15, -0.1) is 0 Å². The van der Waals surface area contributed by atoms with Gasteiger partial charge in [0.05, 0.1) is 5.02 Å². The molecule has 3 heterocycles. The minimum Gasteiger partial charge on any atom is -0.490 e. The van der Waals surface area contributed by atoms with E-state index in [9.17, 15) is 4.79 Å². The van der Waals surface area contributed by atoms with Crippen LogP contribution < -0.4 is 18.9 Å². The molecule has 0 aliphatic carbocycles. The highest BCUT2D eigenvalue weighted by Crippen LogP contribution is 2.26. The molecule has 0 unspecified atom stereocenters. The Bertz CT molecular complexity index is 1340. The van der Waals surface area contributed by atoms with E-state index in [1.165, 1.54) is 6.20 Å². The molecule has 0 spiro atoms. The number of carbonyl (C=O) groups excluding carboxylic acids is 1. The molecule has 194 valence electrons. The molecule has 0 bridgehead atoms. The lowest BCUT2D eigenvalue weighted by molar-refractivity contribution is 0.0930. The molecule has 1 amide bonds. The normalized spacial score (nSPS) is 13.6. The van der Waals surface area contributed by atoms with E-state index < -0.39 is 0 Å². The van der Waals surface area contributed by atoms with Gasteiger partial charge in [-0.25, -0.2) is 14.8 Å². The second-order valence-electron chi connectivity index (χ2n) is 8.81. The molecule has 1 fully saturated rings. The lowest BCUT2D eigenvalue weighted by Crippen LogP contribution is -2.43. The maximum absolute atomic E-state index is 12.6. The number of hydrogen-bond acceptors (Lipinski definition) is 7. The molecule has 1 saturated heterocycles. The number of carbonyl (C=O) groups is 1. The van der Waals surface area contributed by atoms with Crippen molar-refractivity contribution < 1.29 is 23.7 Å². The molecular formula is C29H26ClN3O5. The fourth-order valence-corrected chi connectivity index (χ4v) is 3.97. The second-order valence-corrected chi connectivity index (χ2v) is 9.24. The Morgan fingerprint density at radius 2 is 1.32 bits per heavy atom. The zero-order valence-corrected chi connectivity index (χ0v) is 21.5. The average molecular weight is 532 g/mol. The maximum atomic E-state index is 12.6. The molecular weight excluding hydrogens is 506 g/mol. The molecule has 0 N–H and O–H groups in total. The molecule has 38 heavy (non-hydrogen) atoms. The van der Waals surface area contributed by atoms with Gasteiger partial charge in [0.2, 0.25) is 11.8 Å². The number of aryl methyl sites for hydroxylation is 1. The number of ether oxygens (including phenoxy) is 4. The molecule has 1 aliphatic heterocycles. The zero-order chi connectivity index (χ0) is 26.3. The Balaban J connectivity index is 1.06. The first kappa shape index (κ1) is 25.4. The van der Waals surface area contributed by atoms with E-state index in [0.717, 1.165) is 11.3 Å². The van der Waals surface area contributed by atoms with Gasteiger partial charge in [0.25, 0.3) is 0 Å². The average Bonchev–Trinajstić information content (AvgIpc) is 2.94. The Hall–Kier alpha value is -4.30. The van der Waals surface area contributed by atoms with E-state index in [1.807, 2.05) is 43.3 Å². The van der Waals surface area contributed by atoms with Crippen molar-refractivity contribution in [3.8, 4) is 34.8 Å². The van der Waals surface area contributed by atoms with Gasteiger partial charge in [-0.2, -0.15) is 0 Å². The summed E-state index contributed by atoms with van der Waals surface area (Å²) in [7, 11) is 0. The summed E-state index contributed by atoms with van der Waals surface area (Å²) < 4.78 is 23.1. The summed E-state index contributed by atoms with van der Waals surface area (Å²) in [6, 6.07) is 21.4. The minimum atomic E-state index is -0.386. The van der Waals surface area contributed by atoms with Crippen molar-refractivity contribution >= 4 is 17.7 Å². The van der Waals surface area contributed by atoms with Crippen LogP contribution in [0.15, 0.2) is 85.2 Å². The van der Waals surface area contributed by atoms with Crippen LogP contribution in [0.5, 0.6) is 34.8 Å². The van der Waals surface area contributed by atoms with E-state index in [2.05, 4.69) is 9.97 Å². The predicted octanol–water partition coefficient (Wildman–Crippen LogP) is 7.07. The standard InChI is InChI=1S/C29H26ClN3O5/c1-20-2-12-27(31-18-20)36-23-6-4-22(5-7-23)35-26-14-16-33(17-15-26)29(34)38-25-10-8-24(9-11-25)37-28-13-3-21(30)19-32-28/h2-13,18-19,26H,14-17H2,1H3. The largest absolute Gasteiger partial charge is 0.490 e. The Labute approximate surface area is 225 Å². The van der Waals surface area contributed by atoms with Crippen LogP contribution in [0.3, 0.4) is 0 Å². The smallest absolute Gasteiger partial charge is 0.415 e. The summed E-state index contributed by atoms with van der Waals surface area (Å²) in [5.41, 5.74) is 1.08. The number of halogens is 1. The lowest BCUT2D eigenvalue weighted by Gasteiger charge is -2.31. The Morgan fingerprint density at radius 3 is 1.87 bits per heavy atom. The van der Waals surface area contributed by atoms with Crippen LogP contribution in [-0.4, -0.2) is 40.2 Å². The highest BCUT2D eigenvalue weighted by molar-refractivity contribution is 6.30. The van der Waals surface area contributed by atoms with Gasteiger partial charge >= 0.3 is 6.09 Å². The molecule has 9 heteroatoms. The maximum Gasteiger partial charge on any atom is 0.415 e. The summed E-state index contributed by atoms with van der Waals surface area (Å²) in [6.45, 7) is 3.08. The van der Waals surface area contributed by atoms with Gasteiger partial charge in [-0.05, 0) is 67.1 Å². The Kier molecular flexibility index (Phi) is 7.89. The van der Waals surface area contributed by atoms with Crippen molar-refractivity contribution in [1.29, 1.82) is 0 Å². The number of likely N-dealkylation sites (tertiary alicyclic amines) is 1. The van der Waals surface area contributed by atoms with Crippen molar-refractivity contribution in [2.24, 2.45) is 0 Å². The fraction of sp³-hybridized carbons (Fsp3) is 0.207. The summed E-state index contributed by atoms with van der Waals surface area (Å²) >= 11 is 5.84. The van der Waals surface area contributed by atoms with E-state index in [4.69, 9.17) is 30.5 Å². The highest BCUT2D eigenvalue weighted by Gasteiger charge is 2.25. The summed E-state index contributed by atoms with van der Waals surface area (Å²) in [5.74, 6) is 3.42. The van der Waals surface area contributed by atoms with Crippen LogP contribution in [0, 0.1) is 6.92 Å². The number of benzene rings is 2. The summed E-state index contributed by atoms with van der Waals surface area (Å²) in [5, 5.41) is 0.534. The quantitative estimate of drug-likeness (QED) is 0.252. The Morgan fingerprint density at radius 1 is 0.763 bits per heavy atom. The topological polar surface area (TPSA) is 83.0 Å². The van der Waals surface area contributed by atoms with Crippen molar-refractivity contribution in [1.82, 2.24) is 14.9 Å². The SMILES string of the molecule is Cc1ccc(Oc2ccc(OC3CCN(C(=O)Oc4ccc(Oc5ccc(Cl)cn5)cc4)CC3)cc2)nc1. The van der Waals surface area contributed by atoms with E-state index in [0.29, 0.717) is 60.0 Å². The van der Waals surface area contributed by atoms with Crippen molar-refractivity contribution in [2.45, 2.75) is 25.9 Å². The van der Waals surface area contributed by atoms with Crippen molar-refractivity contribution in [2.75, 3.05) is 13.1 Å². The number of piperidine rings is 1. The van der Waals surface area contributed by atoms with Gasteiger partial charge in [0.1, 0.15) is 29.1 Å². The number of pyridine rings is 2. The molecule has 5 rings (SSSR count). The third kappa shape index (κ3) is 6.92. The van der Waals surface area contributed by atoms with Gasteiger partial charge in [0.15, 0.2) is 0 Å². The second kappa shape index (κ2) is 11.8. The van der Waals surface area contributed by atoms with Crippen LogP contribution in [0.25, 0.3) is 0 Å². The lowest BCUT2D eigenvalue weighted by atomic mass is 10.1. The first-order chi connectivity index (χ1) is 18.5. The predicted molar refractivity (Wildman–Crippen MR) is 142 cm³/mol. The number of nitrogens with zero attached hydrogens (tertiary/aromatic N) is 3. The van der Waals surface area contributed by atoms with Crippen LogP contribution in [0.2, 0.25) is 5.02 Å². The first-order valence-corrected chi connectivity index (χ1v) is 12.6. The van der Waals surface area contributed by atoms with E-state index in [-0.39, 0.29) is 12.2 Å². The number of rotatable bonds is 7. The van der Waals surface area contributed by atoms with Gasteiger partial charge in [-0.3, -0.25) is 0 Å². The van der Waals surface area contributed by atoms with Crippen LogP contribution >= 0.6 is 11.6 Å². The number of amides is 1. The molecule has 1 aliphatic rings. The third-order valence-electron chi connectivity index (χ3n) is 5.88. The molecule has 0 radical (unpaired) electrons. The summed E-state index contributed by atoms with van der Waals surface area (Å²) in [4.78, 5) is 22.7. The molecule has 4 aromatic rings. The van der Waals surface area contributed by atoms with Gasteiger partial charge < -0.3 is 23.8 Å². The molecule has 2 aromatic heterocycles. The number of hydrogen-bond donors (Lipinski definition) is 0. The molecule has 0 saturated carbocycles. The molecule has 8 nitrogen and oxygen atoms in total. The first-order valence-electron chi connectivity index (χ1n) is 12.2. The minimum absolute atomic E-state index is 0.0162. The highest BCUT2D eigenvalue weighted by atomic mass is 35.5. The van der Waals surface area contributed by atoms with E-state index >= 15 is 0 Å². The molecule has 0 atom stereocenters. The fourth-order valence-electron chi connectivity index (χ4n) is 3.85.